The summed E-state index contributed by atoms with van der Waals surface area (Å²) in [5.41, 5.74) is 1.44. The van der Waals surface area contributed by atoms with Gasteiger partial charge >= 0.3 is 0 Å². The molecule has 0 unspecified atom stereocenters. The lowest BCUT2D eigenvalue weighted by atomic mass is 10.1. The van der Waals surface area contributed by atoms with Crippen molar-refractivity contribution in [2.24, 2.45) is 0 Å². The zero-order valence-corrected chi connectivity index (χ0v) is 13.1. The summed E-state index contributed by atoms with van der Waals surface area (Å²) in [6, 6.07) is 6.01. The highest BCUT2D eigenvalue weighted by molar-refractivity contribution is 6.32. The number of aromatic hydroxyl groups is 2. The zero-order valence-electron chi connectivity index (χ0n) is 12.4. The highest BCUT2D eigenvalue weighted by atomic mass is 35.5. The van der Waals surface area contributed by atoms with Crippen LogP contribution < -0.4 is 9.47 Å². The van der Waals surface area contributed by atoms with Crippen molar-refractivity contribution < 1.29 is 24.5 Å². The molecule has 0 bridgehead atoms. The van der Waals surface area contributed by atoms with Crippen LogP contribution in [0.25, 0.3) is 6.08 Å². The average Bonchev–Trinajstić information content (AvgIpc) is 2.84. The maximum atomic E-state index is 12.4. The quantitative estimate of drug-likeness (QED) is 0.820. The summed E-state index contributed by atoms with van der Waals surface area (Å²) < 4.78 is 10.6. The summed E-state index contributed by atoms with van der Waals surface area (Å²) in [7, 11) is 1.40. The maximum absolute atomic E-state index is 12.4. The molecule has 0 fully saturated rings. The summed E-state index contributed by atoms with van der Waals surface area (Å²) in [5.74, 6) is 0.259. The summed E-state index contributed by atoms with van der Waals surface area (Å²) in [6.45, 7) is 1.67. The van der Waals surface area contributed by atoms with E-state index in [1.165, 1.54) is 37.5 Å². The Morgan fingerprint density at radius 3 is 2.70 bits per heavy atom. The number of phenols is 2. The maximum Gasteiger partial charge on any atom is 0.231 e. The summed E-state index contributed by atoms with van der Waals surface area (Å²) in [5, 5.41) is 19.6. The Morgan fingerprint density at radius 2 is 2.00 bits per heavy atom. The van der Waals surface area contributed by atoms with E-state index in [0.717, 1.165) is 0 Å². The van der Waals surface area contributed by atoms with Gasteiger partial charge in [0.15, 0.2) is 17.3 Å². The second kappa shape index (κ2) is 5.52. The van der Waals surface area contributed by atoms with E-state index in [9.17, 15) is 15.0 Å². The number of allylic oxidation sites excluding steroid dienone is 1. The Hall–Kier alpha value is -2.66. The molecule has 0 spiro atoms. The van der Waals surface area contributed by atoms with Gasteiger partial charge in [0.25, 0.3) is 0 Å². The van der Waals surface area contributed by atoms with Gasteiger partial charge in [-0.05, 0) is 42.8 Å². The molecular weight excluding hydrogens is 320 g/mol. The molecule has 1 aliphatic heterocycles. The molecule has 3 rings (SSSR count). The summed E-state index contributed by atoms with van der Waals surface area (Å²) in [4.78, 5) is 12.4. The van der Waals surface area contributed by atoms with Crippen molar-refractivity contribution in [1.29, 1.82) is 0 Å². The molecular formula is C17H13ClO5. The van der Waals surface area contributed by atoms with E-state index in [1.54, 1.807) is 6.92 Å². The van der Waals surface area contributed by atoms with Crippen LogP contribution in [0.2, 0.25) is 5.02 Å². The standard InChI is InChI=1S/C17H13ClO5/c1-8-12(19)4-3-10-15(20)14(23-17(8)10)7-9-5-11(18)16(21)13(6-9)22-2/h3-7,19,21H,1-2H3/b14-7-. The van der Waals surface area contributed by atoms with Gasteiger partial charge in [0.1, 0.15) is 11.5 Å². The van der Waals surface area contributed by atoms with Gasteiger partial charge in [-0.2, -0.15) is 0 Å². The fourth-order valence-corrected chi connectivity index (χ4v) is 2.58. The van der Waals surface area contributed by atoms with Gasteiger partial charge in [-0.1, -0.05) is 11.6 Å². The third-order valence-electron chi connectivity index (χ3n) is 3.63. The van der Waals surface area contributed by atoms with Gasteiger partial charge in [0.05, 0.1) is 17.7 Å². The minimum atomic E-state index is -0.286. The number of halogens is 1. The number of rotatable bonds is 2. The van der Waals surface area contributed by atoms with Crippen LogP contribution in [-0.4, -0.2) is 23.1 Å². The normalized spacial score (nSPS) is 14.7. The zero-order chi connectivity index (χ0) is 16.7. The molecule has 2 aromatic rings. The van der Waals surface area contributed by atoms with Crippen molar-refractivity contribution >= 4 is 23.5 Å². The smallest absolute Gasteiger partial charge is 0.231 e. The van der Waals surface area contributed by atoms with Crippen LogP contribution in [0.5, 0.6) is 23.0 Å². The first kappa shape index (κ1) is 15.2. The second-order valence-electron chi connectivity index (χ2n) is 5.08. The third-order valence-corrected chi connectivity index (χ3v) is 3.91. The Bertz CT molecular complexity index is 855. The third kappa shape index (κ3) is 2.49. The van der Waals surface area contributed by atoms with Crippen molar-refractivity contribution in [1.82, 2.24) is 0 Å². The number of phenolic OH excluding ortho intramolecular Hbond substituents is 2. The SMILES string of the molecule is COc1cc(/C=C2\Oc3c(ccc(O)c3C)C2=O)cc(Cl)c1O. The summed E-state index contributed by atoms with van der Waals surface area (Å²) in [6.07, 6.45) is 1.51. The Balaban J connectivity index is 2.04. The van der Waals surface area contributed by atoms with Gasteiger partial charge in [-0.25, -0.2) is 0 Å². The number of carbonyl (C=O) groups excluding carboxylic acids is 1. The molecule has 0 radical (unpaired) electrons. The topological polar surface area (TPSA) is 76.0 Å². The first-order chi connectivity index (χ1) is 10.9. The molecule has 0 aliphatic carbocycles. The van der Waals surface area contributed by atoms with E-state index in [1.807, 2.05) is 0 Å². The number of Topliss-reactive ketones (excluding diaryl/α,β-unsaturated/α-hetero) is 1. The van der Waals surface area contributed by atoms with Crippen molar-refractivity contribution in [3.05, 3.63) is 51.7 Å². The van der Waals surface area contributed by atoms with E-state index in [4.69, 9.17) is 21.1 Å². The molecule has 0 amide bonds. The van der Waals surface area contributed by atoms with Gasteiger partial charge in [0.2, 0.25) is 5.78 Å². The highest BCUT2D eigenvalue weighted by Gasteiger charge is 2.29. The van der Waals surface area contributed by atoms with Gasteiger partial charge in [-0.15, -0.1) is 0 Å². The van der Waals surface area contributed by atoms with Crippen molar-refractivity contribution in [3.63, 3.8) is 0 Å². The van der Waals surface area contributed by atoms with Gasteiger partial charge in [0, 0.05) is 5.56 Å². The van der Waals surface area contributed by atoms with Crippen molar-refractivity contribution in [2.75, 3.05) is 7.11 Å². The van der Waals surface area contributed by atoms with Gasteiger partial charge in [-0.3, -0.25) is 4.79 Å². The Kier molecular flexibility index (Phi) is 3.66. The molecule has 0 saturated carbocycles. The monoisotopic (exact) mass is 332 g/mol. The van der Waals surface area contributed by atoms with Crippen LogP contribution in [0.1, 0.15) is 21.5 Å². The van der Waals surface area contributed by atoms with Crippen LogP contribution in [-0.2, 0) is 0 Å². The molecule has 23 heavy (non-hydrogen) atoms. The number of benzene rings is 2. The molecule has 1 heterocycles. The largest absolute Gasteiger partial charge is 0.508 e. The fourth-order valence-electron chi connectivity index (χ4n) is 2.36. The molecule has 0 atom stereocenters. The fraction of sp³-hybridized carbons (Fsp3) is 0.118. The molecule has 1 aliphatic rings. The number of fused-ring (bicyclic) bond motifs is 1. The van der Waals surface area contributed by atoms with Crippen molar-refractivity contribution in [2.45, 2.75) is 6.92 Å². The lowest BCUT2D eigenvalue weighted by molar-refractivity contribution is 0.101. The second-order valence-corrected chi connectivity index (χ2v) is 5.49. The van der Waals surface area contributed by atoms with E-state index >= 15 is 0 Å². The highest BCUT2D eigenvalue weighted by Crippen LogP contribution is 2.40. The molecule has 0 aromatic heterocycles. The van der Waals surface area contributed by atoms with Crippen LogP contribution in [0, 0.1) is 6.92 Å². The van der Waals surface area contributed by atoms with Crippen LogP contribution in [0.15, 0.2) is 30.0 Å². The molecule has 0 saturated heterocycles. The van der Waals surface area contributed by atoms with Crippen molar-refractivity contribution in [3.8, 4) is 23.0 Å². The van der Waals surface area contributed by atoms with Crippen LogP contribution in [0.3, 0.4) is 0 Å². The average molecular weight is 333 g/mol. The Labute approximate surface area is 137 Å². The molecule has 5 nitrogen and oxygen atoms in total. The predicted molar refractivity (Wildman–Crippen MR) is 85.4 cm³/mol. The van der Waals surface area contributed by atoms with E-state index < -0.39 is 0 Å². The minimum Gasteiger partial charge on any atom is -0.508 e. The number of ether oxygens (including phenoxy) is 2. The molecule has 6 heteroatoms. The molecule has 2 aromatic carbocycles. The lowest BCUT2D eigenvalue weighted by Crippen LogP contribution is -1.98. The minimum absolute atomic E-state index is 0.0622. The first-order valence-corrected chi connectivity index (χ1v) is 7.13. The number of hydrogen-bond acceptors (Lipinski definition) is 5. The lowest BCUT2D eigenvalue weighted by Gasteiger charge is -2.07. The van der Waals surface area contributed by atoms with Crippen LogP contribution >= 0.6 is 11.6 Å². The molecule has 2 N–H and O–H groups in total. The van der Waals surface area contributed by atoms with E-state index in [0.29, 0.717) is 22.4 Å². The number of hydrogen-bond donors (Lipinski definition) is 2. The number of carbonyl (C=O) groups is 1. The Morgan fingerprint density at radius 1 is 1.26 bits per heavy atom. The first-order valence-electron chi connectivity index (χ1n) is 6.75. The number of ketones is 1. The van der Waals surface area contributed by atoms with Crippen LogP contribution in [0.4, 0.5) is 0 Å². The van der Waals surface area contributed by atoms with Gasteiger partial charge < -0.3 is 19.7 Å². The summed E-state index contributed by atoms with van der Waals surface area (Å²) >= 11 is 5.94. The number of methoxy groups -OCH3 is 1. The predicted octanol–water partition coefficient (Wildman–Crippen LogP) is 3.68. The molecule has 118 valence electrons. The van der Waals surface area contributed by atoms with E-state index in [2.05, 4.69) is 0 Å². The van der Waals surface area contributed by atoms with E-state index in [-0.39, 0.29) is 33.8 Å².